The molecular weight excluding hydrogens is 346 g/mol. The van der Waals surface area contributed by atoms with E-state index < -0.39 is 0 Å². The van der Waals surface area contributed by atoms with Crippen molar-refractivity contribution in [3.8, 4) is 0 Å². The molecule has 2 rings (SSSR count). The normalized spacial score (nSPS) is 21.3. The maximum atomic E-state index is 12.6. The lowest BCUT2D eigenvalue weighted by atomic mass is 10.1. The van der Waals surface area contributed by atoms with E-state index in [-0.39, 0.29) is 11.7 Å². The highest BCUT2D eigenvalue weighted by molar-refractivity contribution is 7.12. The van der Waals surface area contributed by atoms with Crippen molar-refractivity contribution >= 4 is 23.0 Å². The number of carbonyl (C=O) groups excluding carboxylic acids is 2. The Morgan fingerprint density at radius 2 is 1.85 bits per heavy atom. The standard InChI is InChI=1S/C20H33N3O2S/c1-16-14-22(15-17(2)23(16)12-7-11-21(3)4)20(25)10-5-8-18(24)19-9-6-13-26-19/h6,9,13,16-17H,5,7-8,10-12,14-15H2,1-4H3. The smallest absolute Gasteiger partial charge is 0.222 e. The van der Waals surface area contributed by atoms with Crippen LogP contribution in [0.25, 0.3) is 0 Å². The summed E-state index contributed by atoms with van der Waals surface area (Å²) >= 11 is 1.47. The van der Waals surface area contributed by atoms with Gasteiger partial charge in [-0.15, -0.1) is 11.3 Å². The summed E-state index contributed by atoms with van der Waals surface area (Å²) < 4.78 is 0. The van der Waals surface area contributed by atoms with Gasteiger partial charge in [-0.1, -0.05) is 6.07 Å². The number of Topliss-reactive ketones (excluding diaryl/α,β-unsaturated/α-hetero) is 1. The number of carbonyl (C=O) groups is 2. The minimum absolute atomic E-state index is 0.153. The molecular formula is C20H33N3O2S. The lowest BCUT2D eigenvalue weighted by molar-refractivity contribution is -0.135. The molecule has 1 aromatic rings. The summed E-state index contributed by atoms with van der Waals surface area (Å²) in [6.45, 7) is 8.20. The van der Waals surface area contributed by atoms with Crippen molar-refractivity contribution in [3.05, 3.63) is 22.4 Å². The second kappa shape index (κ2) is 10.2. The molecule has 1 aliphatic heterocycles. The largest absolute Gasteiger partial charge is 0.340 e. The van der Waals surface area contributed by atoms with E-state index >= 15 is 0 Å². The average Bonchev–Trinajstić information content (AvgIpc) is 3.11. The SMILES string of the molecule is CC1CN(C(=O)CCCC(=O)c2cccs2)CC(C)N1CCCN(C)C. The number of thiophene rings is 1. The van der Waals surface area contributed by atoms with Gasteiger partial charge in [-0.25, -0.2) is 0 Å². The lowest BCUT2D eigenvalue weighted by Gasteiger charge is -2.44. The first-order chi connectivity index (χ1) is 12.4. The van der Waals surface area contributed by atoms with Crippen molar-refractivity contribution in [1.29, 1.82) is 0 Å². The van der Waals surface area contributed by atoms with Crippen LogP contribution in [0, 0.1) is 0 Å². The van der Waals surface area contributed by atoms with Crippen LogP contribution >= 0.6 is 11.3 Å². The summed E-state index contributed by atoms with van der Waals surface area (Å²) in [4.78, 5) is 32.1. The maximum Gasteiger partial charge on any atom is 0.222 e. The van der Waals surface area contributed by atoms with Crippen molar-refractivity contribution in [2.45, 2.75) is 51.6 Å². The summed E-state index contributed by atoms with van der Waals surface area (Å²) in [5.74, 6) is 0.343. The molecule has 0 aromatic carbocycles. The highest BCUT2D eigenvalue weighted by Crippen LogP contribution is 2.18. The first-order valence-electron chi connectivity index (χ1n) is 9.63. The van der Waals surface area contributed by atoms with Crippen LogP contribution in [-0.2, 0) is 4.79 Å². The molecule has 1 aliphatic rings. The van der Waals surface area contributed by atoms with Crippen molar-refractivity contribution in [1.82, 2.24) is 14.7 Å². The fraction of sp³-hybridized carbons (Fsp3) is 0.700. The summed E-state index contributed by atoms with van der Waals surface area (Å²) in [6.07, 6.45) is 2.72. The molecule has 1 fully saturated rings. The van der Waals surface area contributed by atoms with Crippen LogP contribution in [-0.4, -0.2) is 78.7 Å². The van der Waals surface area contributed by atoms with Crippen molar-refractivity contribution in [3.63, 3.8) is 0 Å². The third-order valence-electron chi connectivity index (χ3n) is 5.07. The number of amides is 1. The Balaban J connectivity index is 1.74. The maximum absolute atomic E-state index is 12.6. The second-order valence-electron chi connectivity index (χ2n) is 7.65. The van der Waals surface area contributed by atoms with E-state index in [9.17, 15) is 9.59 Å². The Morgan fingerprint density at radius 1 is 1.15 bits per heavy atom. The first-order valence-corrected chi connectivity index (χ1v) is 10.5. The minimum Gasteiger partial charge on any atom is -0.340 e. The predicted molar refractivity (Wildman–Crippen MR) is 108 cm³/mol. The fourth-order valence-electron chi connectivity index (χ4n) is 3.69. The second-order valence-corrected chi connectivity index (χ2v) is 8.59. The molecule has 1 aromatic heterocycles. The topological polar surface area (TPSA) is 43.9 Å². The number of hydrogen-bond acceptors (Lipinski definition) is 5. The van der Waals surface area contributed by atoms with Crippen LogP contribution in [0.15, 0.2) is 17.5 Å². The lowest BCUT2D eigenvalue weighted by Crippen LogP contribution is -2.58. The van der Waals surface area contributed by atoms with E-state index in [1.807, 2.05) is 22.4 Å². The summed E-state index contributed by atoms with van der Waals surface area (Å²) in [6, 6.07) is 4.52. The molecule has 26 heavy (non-hydrogen) atoms. The molecule has 2 atom stereocenters. The van der Waals surface area contributed by atoms with E-state index in [0.717, 1.165) is 37.5 Å². The van der Waals surface area contributed by atoms with Gasteiger partial charge in [0.25, 0.3) is 0 Å². The zero-order chi connectivity index (χ0) is 19.1. The van der Waals surface area contributed by atoms with Crippen LogP contribution in [0.4, 0.5) is 0 Å². The van der Waals surface area contributed by atoms with E-state index in [1.54, 1.807) is 0 Å². The number of ketones is 1. The Bertz CT molecular complexity index is 562. The zero-order valence-corrected chi connectivity index (χ0v) is 17.4. The molecule has 0 N–H and O–H groups in total. The molecule has 0 saturated carbocycles. The van der Waals surface area contributed by atoms with Gasteiger partial charge in [0.1, 0.15) is 0 Å². The highest BCUT2D eigenvalue weighted by Gasteiger charge is 2.31. The van der Waals surface area contributed by atoms with E-state index in [0.29, 0.717) is 31.3 Å². The van der Waals surface area contributed by atoms with Gasteiger partial charge in [0, 0.05) is 44.6 Å². The van der Waals surface area contributed by atoms with Crippen LogP contribution < -0.4 is 0 Å². The Hall–Kier alpha value is -1.24. The Morgan fingerprint density at radius 3 is 2.42 bits per heavy atom. The molecule has 2 heterocycles. The van der Waals surface area contributed by atoms with Gasteiger partial charge in [-0.2, -0.15) is 0 Å². The molecule has 0 aliphatic carbocycles. The number of nitrogens with zero attached hydrogens (tertiary/aromatic N) is 3. The first kappa shape index (κ1) is 21.1. The zero-order valence-electron chi connectivity index (χ0n) is 16.6. The number of hydrogen-bond donors (Lipinski definition) is 0. The quantitative estimate of drug-likeness (QED) is 0.619. The highest BCUT2D eigenvalue weighted by atomic mass is 32.1. The molecule has 5 nitrogen and oxygen atoms in total. The number of rotatable bonds is 9. The van der Waals surface area contributed by atoms with Crippen LogP contribution in [0.5, 0.6) is 0 Å². The minimum atomic E-state index is 0.153. The van der Waals surface area contributed by atoms with Crippen molar-refractivity contribution in [2.24, 2.45) is 0 Å². The fourth-order valence-corrected chi connectivity index (χ4v) is 4.38. The van der Waals surface area contributed by atoms with Crippen LogP contribution in [0.3, 0.4) is 0 Å². The van der Waals surface area contributed by atoms with Crippen LogP contribution in [0.1, 0.15) is 49.2 Å². The summed E-state index contributed by atoms with van der Waals surface area (Å²) in [5, 5.41) is 1.92. The predicted octanol–water partition coefficient (Wildman–Crippen LogP) is 2.97. The van der Waals surface area contributed by atoms with E-state index in [1.165, 1.54) is 11.3 Å². The van der Waals surface area contributed by atoms with Crippen molar-refractivity contribution < 1.29 is 9.59 Å². The summed E-state index contributed by atoms with van der Waals surface area (Å²) in [7, 11) is 4.21. The van der Waals surface area contributed by atoms with Crippen LogP contribution in [0.2, 0.25) is 0 Å². The Labute approximate surface area is 162 Å². The molecule has 1 saturated heterocycles. The van der Waals surface area contributed by atoms with E-state index in [2.05, 4.69) is 37.7 Å². The monoisotopic (exact) mass is 379 g/mol. The van der Waals surface area contributed by atoms with Gasteiger partial charge in [0.2, 0.25) is 5.91 Å². The molecule has 0 bridgehead atoms. The Kier molecular flexibility index (Phi) is 8.25. The molecule has 6 heteroatoms. The van der Waals surface area contributed by atoms with Gasteiger partial charge in [0.15, 0.2) is 5.78 Å². The van der Waals surface area contributed by atoms with Gasteiger partial charge >= 0.3 is 0 Å². The third-order valence-corrected chi connectivity index (χ3v) is 5.98. The van der Waals surface area contributed by atoms with Gasteiger partial charge in [-0.05, 0) is 58.8 Å². The third kappa shape index (κ3) is 6.18. The molecule has 0 radical (unpaired) electrons. The molecule has 146 valence electrons. The summed E-state index contributed by atoms with van der Waals surface area (Å²) in [5.41, 5.74) is 0. The molecule has 2 unspecified atom stereocenters. The molecule has 1 amide bonds. The number of piperazine rings is 1. The van der Waals surface area contributed by atoms with Gasteiger partial charge in [0.05, 0.1) is 4.88 Å². The van der Waals surface area contributed by atoms with Gasteiger partial charge < -0.3 is 9.80 Å². The van der Waals surface area contributed by atoms with Crippen molar-refractivity contribution in [2.75, 3.05) is 40.3 Å². The average molecular weight is 380 g/mol. The molecule has 0 spiro atoms. The van der Waals surface area contributed by atoms with E-state index in [4.69, 9.17) is 0 Å². The van der Waals surface area contributed by atoms with Gasteiger partial charge in [-0.3, -0.25) is 14.5 Å².